The molecule has 0 heterocycles. The van der Waals surface area contributed by atoms with Crippen molar-refractivity contribution in [2.45, 2.75) is 12.5 Å². The Morgan fingerprint density at radius 2 is 1.93 bits per heavy atom. The minimum absolute atomic E-state index is 0.129. The molecule has 1 rings (SSSR count). The molecule has 1 aromatic carbocycles. The van der Waals surface area contributed by atoms with Gasteiger partial charge in [-0.25, -0.2) is 8.78 Å². The number of aliphatic hydroxyl groups is 1. The van der Waals surface area contributed by atoms with Gasteiger partial charge in [0.2, 0.25) is 0 Å². The van der Waals surface area contributed by atoms with E-state index < -0.39 is 23.4 Å². The summed E-state index contributed by atoms with van der Waals surface area (Å²) in [4.78, 5) is 0. The number of rotatable bonds is 4. The molecule has 0 radical (unpaired) electrons. The zero-order valence-electron chi connectivity index (χ0n) is 8.34. The third-order valence-electron chi connectivity index (χ3n) is 2.09. The van der Waals surface area contributed by atoms with Crippen LogP contribution in [0.15, 0.2) is 12.1 Å². The van der Waals surface area contributed by atoms with Crippen LogP contribution in [0.3, 0.4) is 0 Å². The third kappa shape index (κ3) is 2.64. The Bertz CT molecular complexity index is 321. The number of ether oxygens (including phenoxy) is 1. The van der Waals surface area contributed by atoms with E-state index in [-0.39, 0.29) is 13.0 Å². The molecule has 3 nitrogen and oxygen atoms in total. The Labute approximate surface area is 86.5 Å². The molecule has 0 aliphatic heterocycles. The Morgan fingerprint density at radius 1 is 1.40 bits per heavy atom. The van der Waals surface area contributed by atoms with Gasteiger partial charge in [-0.3, -0.25) is 0 Å². The SMILES string of the molecule is COc1c(F)cc(C(N)CCO)cc1F. The van der Waals surface area contributed by atoms with Crippen LogP contribution >= 0.6 is 0 Å². The van der Waals surface area contributed by atoms with Gasteiger partial charge in [0.25, 0.3) is 0 Å². The molecular formula is C10H13F2NO2. The molecule has 0 bridgehead atoms. The van der Waals surface area contributed by atoms with Crippen molar-refractivity contribution in [1.82, 2.24) is 0 Å². The average Bonchev–Trinajstić information content (AvgIpc) is 2.17. The van der Waals surface area contributed by atoms with Gasteiger partial charge in [0.05, 0.1) is 7.11 Å². The fourth-order valence-corrected chi connectivity index (χ4v) is 1.29. The largest absolute Gasteiger partial charge is 0.491 e. The van der Waals surface area contributed by atoms with E-state index in [9.17, 15) is 8.78 Å². The van der Waals surface area contributed by atoms with Crippen molar-refractivity contribution in [3.8, 4) is 5.75 Å². The standard InChI is InChI=1S/C10H13F2NO2/c1-15-10-7(11)4-6(5-8(10)12)9(13)2-3-14/h4-5,9,14H,2-3,13H2,1H3. The highest BCUT2D eigenvalue weighted by atomic mass is 19.1. The Morgan fingerprint density at radius 3 is 2.33 bits per heavy atom. The second-order valence-corrected chi connectivity index (χ2v) is 3.14. The highest BCUT2D eigenvalue weighted by Crippen LogP contribution is 2.25. The number of hydrogen-bond acceptors (Lipinski definition) is 3. The van der Waals surface area contributed by atoms with Crippen LogP contribution in [0.4, 0.5) is 8.78 Å². The van der Waals surface area contributed by atoms with Gasteiger partial charge in [-0.1, -0.05) is 0 Å². The van der Waals surface area contributed by atoms with Crippen molar-refractivity contribution in [2.75, 3.05) is 13.7 Å². The molecule has 1 aromatic rings. The number of methoxy groups -OCH3 is 1. The smallest absolute Gasteiger partial charge is 0.190 e. The molecule has 0 aliphatic rings. The van der Waals surface area contributed by atoms with Crippen LogP contribution in [0.5, 0.6) is 5.75 Å². The van der Waals surface area contributed by atoms with Crippen molar-refractivity contribution in [2.24, 2.45) is 5.73 Å². The van der Waals surface area contributed by atoms with Crippen molar-refractivity contribution < 1.29 is 18.6 Å². The fourth-order valence-electron chi connectivity index (χ4n) is 1.29. The number of hydrogen-bond donors (Lipinski definition) is 2. The summed E-state index contributed by atoms with van der Waals surface area (Å²) >= 11 is 0. The highest BCUT2D eigenvalue weighted by molar-refractivity contribution is 5.32. The van der Waals surface area contributed by atoms with E-state index in [1.807, 2.05) is 0 Å². The van der Waals surface area contributed by atoms with E-state index in [1.54, 1.807) is 0 Å². The summed E-state index contributed by atoms with van der Waals surface area (Å²) in [7, 11) is 1.19. The summed E-state index contributed by atoms with van der Waals surface area (Å²) in [5.74, 6) is -2.00. The molecular weight excluding hydrogens is 204 g/mol. The van der Waals surface area contributed by atoms with Crippen molar-refractivity contribution in [3.05, 3.63) is 29.3 Å². The molecule has 0 fully saturated rings. The first kappa shape index (κ1) is 11.9. The predicted molar refractivity (Wildman–Crippen MR) is 51.5 cm³/mol. The van der Waals surface area contributed by atoms with Gasteiger partial charge < -0.3 is 15.6 Å². The Hall–Kier alpha value is -1.20. The maximum Gasteiger partial charge on any atom is 0.190 e. The van der Waals surface area contributed by atoms with Gasteiger partial charge >= 0.3 is 0 Å². The summed E-state index contributed by atoms with van der Waals surface area (Å²) in [6.45, 7) is -0.129. The zero-order chi connectivity index (χ0) is 11.4. The molecule has 0 aromatic heterocycles. The first-order valence-electron chi connectivity index (χ1n) is 4.49. The summed E-state index contributed by atoms with van der Waals surface area (Å²) in [6, 6.07) is 1.65. The van der Waals surface area contributed by atoms with Crippen LogP contribution in [-0.4, -0.2) is 18.8 Å². The Kier molecular flexibility index (Phi) is 3.99. The van der Waals surface area contributed by atoms with E-state index in [1.165, 1.54) is 7.11 Å². The monoisotopic (exact) mass is 217 g/mol. The van der Waals surface area contributed by atoms with Crippen molar-refractivity contribution in [1.29, 1.82) is 0 Å². The van der Waals surface area contributed by atoms with Gasteiger partial charge in [0.15, 0.2) is 17.4 Å². The number of halogens is 2. The minimum Gasteiger partial charge on any atom is -0.491 e. The number of aliphatic hydroxyl groups excluding tert-OH is 1. The third-order valence-corrected chi connectivity index (χ3v) is 2.09. The van der Waals surface area contributed by atoms with Crippen LogP contribution in [0.25, 0.3) is 0 Å². The highest BCUT2D eigenvalue weighted by Gasteiger charge is 2.14. The van der Waals surface area contributed by atoms with Gasteiger partial charge in [-0.15, -0.1) is 0 Å². The van der Waals surface area contributed by atoms with Gasteiger partial charge in [0, 0.05) is 12.6 Å². The van der Waals surface area contributed by atoms with Crippen LogP contribution in [0.1, 0.15) is 18.0 Å². The van der Waals surface area contributed by atoms with E-state index in [0.29, 0.717) is 5.56 Å². The molecule has 1 unspecified atom stereocenters. The zero-order valence-corrected chi connectivity index (χ0v) is 8.34. The molecule has 0 aliphatic carbocycles. The summed E-state index contributed by atoms with van der Waals surface area (Å²) < 4.78 is 31.0. The van der Waals surface area contributed by atoms with Crippen LogP contribution in [0, 0.1) is 11.6 Å². The first-order valence-corrected chi connectivity index (χ1v) is 4.49. The van der Waals surface area contributed by atoms with Crippen molar-refractivity contribution in [3.63, 3.8) is 0 Å². The van der Waals surface area contributed by atoms with Crippen LogP contribution in [-0.2, 0) is 0 Å². The lowest BCUT2D eigenvalue weighted by Crippen LogP contribution is -2.13. The maximum absolute atomic E-state index is 13.2. The molecule has 0 saturated heterocycles. The number of benzene rings is 1. The van der Waals surface area contributed by atoms with E-state index in [2.05, 4.69) is 4.74 Å². The molecule has 15 heavy (non-hydrogen) atoms. The van der Waals surface area contributed by atoms with Crippen molar-refractivity contribution >= 4 is 0 Å². The van der Waals surface area contributed by atoms with Crippen LogP contribution in [0.2, 0.25) is 0 Å². The predicted octanol–water partition coefficient (Wildman–Crippen LogP) is 1.36. The quantitative estimate of drug-likeness (QED) is 0.800. The molecule has 0 saturated carbocycles. The normalized spacial score (nSPS) is 12.6. The number of nitrogens with two attached hydrogens (primary N) is 1. The molecule has 0 amide bonds. The maximum atomic E-state index is 13.2. The summed E-state index contributed by atoms with van der Waals surface area (Å²) in [5.41, 5.74) is 5.91. The van der Waals surface area contributed by atoms with Gasteiger partial charge in [0.1, 0.15) is 0 Å². The Balaban J connectivity index is 3.02. The fraction of sp³-hybridized carbons (Fsp3) is 0.400. The van der Waals surface area contributed by atoms with E-state index in [0.717, 1.165) is 12.1 Å². The second-order valence-electron chi connectivity index (χ2n) is 3.14. The molecule has 84 valence electrons. The minimum atomic E-state index is -0.791. The molecule has 1 atom stereocenters. The lowest BCUT2D eigenvalue weighted by Gasteiger charge is -2.12. The summed E-state index contributed by atoms with van der Waals surface area (Å²) in [6.07, 6.45) is 0.255. The first-order chi connectivity index (χ1) is 7.10. The lowest BCUT2D eigenvalue weighted by molar-refractivity contribution is 0.276. The van der Waals surface area contributed by atoms with Crippen LogP contribution < -0.4 is 10.5 Å². The molecule has 3 N–H and O–H groups in total. The second kappa shape index (κ2) is 5.04. The average molecular weight is 217 g/mol. The lowest BCUT2D eigenvalue weighted by atomic mass is 10.0. The topological polar surface area (TPSA) is 55.5 Å². The van der Waals surface area contributed by atoms with Gasteiger partial charge in [-0.2, -0.15) is 0 Å². The summed E-state index contributed by atoms with van der Waals surface area (Å²) in [5, 5.41) is 8.65. The van der Waals surface area contributed by atoms with E-state index >= 15 is 0 Å². The molecule has 5 heteroatoms. The van der Waals surface area contributed by atoms with Gasteiger partial charge in [-0.05, 0) is 24.1 Å². The molecule has 0 spiro atoms. The van der Waals surface area contributed by atoms with E-state index in [4.69, 9.17) is 10.8 Å².